The van der Waals surface area contributed by atoms with Gasteiger partial charge in [0.15, 0.2) is 17.5 Å². The molecule has 4 heteroatoms. The third-order valence-corrected chi connectivity index (χ3v) is 9.70. The first-order valence-corrected chi connectivity index (χ1v) is 17.1. The van der Waals surface area contributed by atoms with Gasteiger partial charge in [0.25, 0.3) is 0 Å². The number of hydrogen-bond donors (Lipinski definition) is 0. The van der Waals surface area contributed by atoms with E-state index in [0.29, 0.717) is 17.5 Å². The Bertz CT molecular complexity index is 2930. The Kier molecular flexibility index (Phi) is 6.78. The molecule has 0 atom stereocenters. The summed E-state index contributed by atoms with van der Waals surface area (Å²) in [6.07, 6.45) is 0. The summed E-state index contributed by atoms with van der Waals surface area (Å²) in [5.41, 5.74) is 8.80. The second-order valence-electron chi connectivity index (χ2n) is 12.8. The van der Waals surface area contributed by atoms with Gasteiger partial charge in [-0.2, -0.15) is 0 Å². The van der Waals surface area contributed by atoms with Crippen LogP contribution in [0, 0.1) is 0 Å². The molecule has 0 N–H and O–H groups in total. The molecule has 0 aliphatic rings. The minimum Gasteiger partial charge on any atom is -0.455 e. The van der Waals surface area contributed by atoms with Crippen molar-refractivity contribution in [3.63, 3.8) is 0 Å². The lowest BCUT2D eigenvalue weighted by molar-refractivity contribution is 0.670. The van der Waals surface area contributed by atoms with Crippen molar-refractivity contribution in [2.75, 3.05) is 0 Å². The zero-order valence-electron chi connectivity index (χ0n) is 27.5. The molecule has 0 spiro atoms. The molecule has 0 unspecified atom stereocenters. The number of hydrogen-bond acceptors (Lipinski definition) is 4. The average Bonchev–Trinajstić information content (AvgIpc) is 3.60. The van der Waals surface area contributed by atoms with Crippen LogP contribution in [-0.2, 0) is 0 Å². The number of benzene rings is 8. The molecular formula is C47H29N3O. The molecule has 0 bridgehead atoms. The molecule has 51 heavy (non-hydrogen) atoms. The molecule has 238 valence electrons. The zero-order valence-corrected chi connectivity index (χ0v) is 27.5. The Hall–Kier alpha value is -6.91. The Morgan fingerprint density at radius 3 is 1.67 bits per heavy atom. The van der Waals surface area contributed by atoms with Crippen molar-refractivity contribution >= 4 is 43.5 Å². The van der Waals surface area contributed by atoms with Crippen LogP contribution in [0.2, 0.25) is 0 Å². The highest BCUT2D eigenvalue weighted by Crippen LogP contribution is 2.42. The van der Waals surface area contributed by atoms with Gasteiger partial charge in [-0.15, -0.1) is 0 Å². The highest BCUT2D eigenvalue weighted by atomic mass is 16.3. The van der Waals surface area contributed by atoms with E-state index in [2.05, 4.69) is 133 Å². The van der Waals surface area contributed by atoms with Crippen molar-refractivity contribution < 1.29 is 4.42 Å². The van der Waals surface area contributed by atoms with E-state index in [1.807, 2.05) is 42.5 Å². The maximum absolute atomic E-state index is 6.71. The summed E-state index contributed by atoms with van der Waals surface area (Å²) >= 11 is 0. The van der Waals surface area contributed by atoms with E-state index in [9.17, 15) is 0 Å². The quantitative estimate of drug-likeness (QED) is 0.186. The normalized spacial score (nSPS) is 11.5. The molecule has 10 rings (SSSR count). The molecule has 2 aromatic heterocycles. The van der Waals surface area contributed by atoms with Gasteiger partial charge in [0.2, 0.25) is 0 Å². The highest BCUT2D eigenvalue weighted by molar-refractivity contribution is 6.16. The van der Waals surface area contributed by atoms with Crippen LogP contribution >= 0.6 is 0 Å². The van der Waals surface area contributed by atoms with E-state index in [4.69, 9.17) is 19.4 Å². The molecule has 0 aliphatic carbocycles. The van der Waals surface area contributed by atoms with Gasteiger partial charge in [-0.05, 0) is 74.6 Å². The van der Waals surface area contributed by atoms with E-state index < -0.39 is 0 Å². The first-order valence-electron chi connectivity index (χ1n) is 17.1. The SMILES string of the molecule is c1ccc(-c2nc(-c3ccc4ccccc4c3)nc(-c3ccc(-c4cccc(-c5ccc6ccccc6c5)c4)c4oc5ccccc5c34)n2)cc1. The molecular weight excluding hydrogens is 623 g/mol. The van der Waals surface area contributed by atoms with Gasteiger partial charge in [0, 0.05) is 33.0 Å². The van der Waals surface area contributed by atoms with Crippen LogP contribution in [0.25, 0.3) is 99.9 Å². The Balaban J connectivity index is 1.18. The third kappa shape index (κ3) is 5.13. The van der Waals surface area contributed by atoms with Crippen LogP contribution < -0.4 is 0 Å². The lowest BCUT2D eigenvalue weighted by atomic mass is 9.94. The highest BCUT2D eigenvalue weighted by Gasteiger charge is 2.21. The third-order valence-electron chi connectivity index (χ3n) is 9.70. The van der Waals surface area contributed by atoms with Crippen LogP contribution in [0.1, 0.15) is 0 Å². The van der Waals surface area contributed by atoms with Crippen molar-refractivity contribution in [3.8, 4) is 56.4 Å². The summed E-state index contributed by atoms with van der Waals surface area (Å²) in [5, 5.41) is 6.76. The van der Waals surface area contributed by atoms with Gasteiger partial charge >= 0.3 is 0 Å². The number of aromatic nitrogens is 3. The van der Waals surface area contributed by atoms with Crippen LogP contribution in [0.4, 0.5) is 0 Å². The maximum Gasteiger partial charge on any atom is 0.164 e. The second kappa shape index (κ2) is 11.9. The van der Waals surface area contributed by atoms with Gasteiger partial charge in [-0.1, -0.05) is 140 Å². The van der Waals surface area contributed by atoms with E-state index in [1.54, 1.807) is 0 Å². The first kappa shape index (κ1) is 29.0. The average molecular weight is 652 g/mol. The fraction of sp³-hybridized carbons (Fsp3) is 0. The molecule has 0 amide bonds. The lowest BCUT2D eigenvalue weighted by Crippen LogP contribution is -2.00. The number of para-hydroxylation sites is 1. The molecule has 0 fully saturated rings. The molecule has 0 saturated heterocycles. The molecule has 2 heterocycles. The van der Waals surface area contributed by atoms with Gasteiger partial charge in [0.05, 0.1) is 0 Å². The summed E-state index contributed by atoms with van der Waals surface area (Å²) in [6, 6.07) is 61.1. The van der Waals surface area contributed by atoms with E-state index >= 15 is 0 Å². The van der Waals surface area contributed by atoms with E-state index in [0.717, 1.165) is 60.7 Å². The monoisotopic (exact) mass is 651 g/mol. The summed E-state index contributed by atoms with van der Waals surface area (Å²) in [4.78, 5) is 15.3. The van der Waals surface area contributed by atoms with Crippen LogP contribution in [-0.4, -0.2) is 15.0 Å². The van der Waals surface area contributed by atoms with Crippen molar-refractivity contribution in [2.45, 2.75) is 0 Å². The fourth-order valence-corrected chi connectivity index (χ4v) is 7.15. The second-order valence-corrected chi connectivity index (χ2v) is 12.8. The van der Waals surface area contributed by atoms with Crippen molar-refractivity contribution in [3.05, 3.63) is 176 Å². The van der Waals surface area contributed by atoms with Crippen LogP contribution in [0.3, 0.4) is 0 Å². The molecule has 4 nitrogen and oxygen atoms in total. The molecule has 0 radical (unpaired) electrons. The molecule has 8 aromatic carbocycles. The Morgan fingerprint density at radius 1 is 0.333 bits per heavy atom. The molecule has 0 aliphatic heterocycles. The van der Waals surface area contributed by atoms with Gasteiger partial charge in [-0.25, -0.2) is 15.0 Å². The standard InChI is InChI=1S/C47H29N3O/c1-2-13-32(14-3-1)45-48-46(38-24-22-31-12-5-7-16-34(31)29-38)50-47(49-45)41-26-25-39(44-43(41)40-19-8-9-20-42(40)51-44)37-18-10-17-35(28-37)36-23-21-30-11-4-6-15-33(30)27-36/h1-29H. The topological polar surface area (TPSA) is 51.8 Å². The number of fused-ring (bicyclic) bond motifs is 5. The van der Waals surface area contributed by atoms with E-state index in [-0.39, 0.29) is 0 Å². The van der Waals surface area contributed by atoms with Crippen molar-refractivity contribution in [1.82, 2.24) is 15.0 Å². The minimum absolute atomic E-state index is 0.597. The van der Waals surface area contributed by atoms with Crippen LogP contribution in [0.15, 0.2) is 180 Å². The fourth-order valence-electron chi connectivity index (χ4n) is 7.15. The number of furan rings is 1. The minimum atomic E-state index is 0.597. The summed E-state index contributed by atoms with van der Waals surface area (Å²) in [5.74, 6) is 1.84. The summed E-state index contributed by atoms with van der Waals surface area (Å²) in [7, 11) is 0. The Morgan fingerprint density at radius 2 is 0.882 bits per heavy atom. The zero-order chi connectivity index (χ0) is 33.7. The summed E-state index contributed by atoms with van der Waals surface area (Å²) < 4.78 is 6.71. The van der Waals surface area contributed by atoms with Crippen molar-refractivity contribution in [2.24, 2.45) is 0 Å². The predicted molar refractivity (Wildman–Crippen MR) is 209 cm³/mol. The van der Waals surface area contributed by atoms with E-state index in [1.165, 1.54) is 21.7 Å². The smallest absolute Gasteiger partial charge is 0.164 e. The Labute approximate surface area is 294 Å². The summed E-state index contributed by atoms with van der Waals surface area (Å²) in [6.45, 7) is 0. The lowest BCUT2D eigenvalue weighted by Gasteiger charge is -2.12. The molecule has 0 saturated carbocycles. The van der Waals surface area contributed by atoms with Gasteiger partial charge < -0.3 is 4.42 Å². The van der Waals surface area contributed by atoms with Gasteiger partial charge in [0.1, 0.15) is 11.2 Å². The maximum atomic E-state index is 6.71. The van der Waals surface area contributed by atoms with Gasteiger partial charge in [-0.3, -0.25) is 0 Å². The largest absolute Gasteiger partial charge is 0.455 e. The number of nitrogens with zero attached hydrogens (tertiary/aromatic N) is 3. The number of rotatable bonds is 5. The van der Waals surface area contributed by atoms with Crippen molar-refractivity contribution in [1.29, 1.82) is 0 Å². The molecule has 10 aromatic rings. The predicted octanol–water partition coefficient (Wildman–Crippen LogP) is 12.4. The first-order chi connectivity index (χ1) is 25.2. The van der Waals surface area contributed by atoms with Crippen LogP contribution in [0.5, 0.6) is 0 Å².